The summed E-state index contributed by atoms with van der Waals surface area (Å²) >= 11 is 0. The highest BCUT2D eigenvalue weighted by molar-refractivity contribution is 5.33. The Labute approximate surface area is 153 Å². The number of halogens is 4. The molecule has 0 atom stereocenters. The van der Waals surface area contributed by atoms with Crippen LogP contribution in [0.2, 0.25) is 0 Å². The average Bonchev–Trinajstić information content (AvgIpc) is 2.61. The van der Waals surface area contributed by atoms with Gasteiger partial charge in [-0.3, -0.25) is 0 Å². The third kappa shape index (κ3) is 6.33. The molecule has 2 rings (SSSR count). The van der Waals surface area contributed by atoms with Crippen LogP contribution in [-0.4, -0.2) is 6.61 Å². The number of alkyl halides is 2. The van der Waals surface area contributed by atoms with Crippen LogP contribution in [0.3, 0.4) is 0 Å². The van der Waals surface area contributed by atoms with Gasteiger partial charge in [0.2, 0.25) is 0 Å². The third-order valence-electron chi connectivity index (χ3n) is 5.18. The van der Waals surface area contributed by atoms with Gasteiger partial charge in [0.25, 0.3) is 0 Å². The van der Waals surface area contributed by atoms with E-state index in [1.54, 1.807) is 0 Å². The molecule has 146 valence electrons. The Morgan fingerprint density at radius 1 is 1.04 bits per heavy atom. The van der Waals surface area contributed by atoms with E-state index in [9.17, 15) is 17.6 Å². The standard InChI is InChI=1S/C21H28F4O/c1-2-3-4-5-6-7-8-15-9-11-16(12-10-15)17-13-18(22)20(19(23)14-17)26-21(24)25/h3-4,13-16,21H,2,5-12H2,1H3/b4-3+/t15-,16-. The van der Waals surface area contributed by atoms with Crippen molar-refractivity contribution in [1.82, 2.24) is 0 Å². The van der Waals surface area contributed by atoms with E-state index in [0.29, 0.717) is 11.5 Å². The number of unbranched alkanes of at least 4 members (excludes halogenated alkanes) is 2. The van der Waals surface area contributed by atoms with Crippen molar-refractivity contribution in [2.24, 2.45) is 5.92 Å². The number of allylic oxidation sites excluding steroid dienone is 2. The number of hydrogen-bond donors (Lipinski definition) is 0. The van der Waals surface area contributed by atoms with Crippen LogP contribution in [0.1, 0.15) is 76.2 Å². The van der Waals surface area contributed by atoms with Gasteiger partial charge in [0.1, 0.15) is 0 Å². The van der Waals surface area contributed by atoms with Crippen LogP contribution in [0.4, 0.5) is 17.6 Å². The van der Waals surface area contributed by atoms with Crippen LogP contribution in [0, 0.1) is 17.6 Å². The van der Waals surface area contributed by atoms with Crippen molar-refractivity contribution in [1.29, 1.82) is 0 Å². The van der Waals surface area contributed by atoms with Crippen molar-refractivity contribution < 1.29 is 22.3 Å². The summed E-state index contributed by atoms with van der Waals surface area (Å²) in [5, 5.41) is 0. The Hall–Kier alpha value is -1.52. The SMILES string of the molecule is CC/C=C/CCCC[C@H]1CC[C@H](c2cc(F)c(OC(F)F)c(F)c2)CC1. The second kappa shape index (κ2) is 10.6. The molecule has 0 bridgehead atoms. The molecule has 0 unspecified atom stereocenters. The van der Waals surface area contributed by atoms with Gasteiger partial charge in [0, 0.05) is 0 Å². The minimum absolute atomic E-state index is 0.0864. The van der Waals surface area contributed by atoms with E-state index in [0.717, 1.165) is 50.7 Å². The van der Waals surface area contributed by atoms with E-state index < -0.39 is 24.0 Å². The smallest absolute Gasteiger partial charge is 0.387 e. The fourth-order valence-electron chi connectivity index (χ4n) is 3.78. The van der Waals surface area contributed by atoms with E-state index in [1.165, 1.54) is 19.3 Å². The number of rotatable bonds is 9. The summed E-state index contributed by atoms with van der Waals surface area (Å²) < 4.78 is 56.1. The zero-order chi connectivity index (χ0) is 18.9. The molecule has 1 aromatic rings. The summed E-state index contributed by atoms with van der Waals surface area (Å²) in [7, 11) is 0. The number of hydrogen-bond acceptors (Lipinski definition) is 1. The number of ether oxygens (including phenoxy) is 1. The van der Waals surface area contributed by atoms with Crippen LogP contribution in [0.5, 0.6) is 5.75 Å². The van der Waals surface area contributed by atoms with Gasteiger partial charge in [0.15, 0.2) is 17.4 Å². The van der Waals surface area contributed by atoms with Crippen LogP contribution in [-0.2, 0) is 0 Å². The van der Waals surface area contributed by atoms with Crippen LogP contribution in [0.15, 0.2) is 24.3 Å². The lowest BCUT2D eigenvalue weighted by molar-refractivity contribution is -0.0546. The molecule has 1 aliphatic rings. The normalized spacial score (nSPS) is 20.8. The molecule has 1 aliphatic carbocycles. The summed E-state index contributed by atoms with van der Waals surface area (Å²) in [6, 6.07) is 2.29. The highest BCUT2D eigenvalue weighted by Crippen LogP contribution is 2.39. The van der Waals surface area contributed by atoms with Crippen molar-refractivity contribution in [3.8, 4) is 5.75 Å². The lowest BCUT2D eigenvalue weighted by Crippen LogP contribution is -2.14. The molecule has 0 spiro atoms. The molecule has 1 saturated carbocycles. The topological polar surface area (TPSA) is 9.23 Å². The van der Waals surface area contributed by atoms with Crippen LogP contribution >= 0.6 is 0 Å². The molecule has 0 amide bonds. The maximum absolute atomic E-state index is 13.9. The zero-order valence-electron chi connectivity index (χ0n) is 15.3. The summed E-state index contributed by atoms with van der Waals surface area (Å²) in [4.78, 5) is 0. The highest BCUT2D eigenvalue weighted by atomic mass is 19.3. The second-order valence-electron chi connectivity index (χ2n) is 7.07. The van der Waals surface area contributed by atoms with Crippen molar-refractivity contribution in [3.63, 3.8) is 0 Å². The Morgan fingerprint density at radius 2 is 1.69 bits per heavy atom. The van der Waals surface area contributed by atoms with Gasteiger partial charge in [-0.25, -0.2) is 8.78 Å². The highest BCUT2D eigenvalue weighted by Gasteiger charge is 2.25. The molecular weight excluding hydrogens is 344 g/mol. The lowest BCUT2D eigenvalue weighted by Gasteiger charge is -2.29. The fourth-order valence-corrected chi connectivity index (χ4v) is 3.78. The minimum Gasteiger partial charge on any atom is -0.429 e. The molecule has 1 fully saturated rings. The maximum Gasteiger partial charge on any atom is 0.387 e. The molecule has 26 heavy (non-hydrogen) atoms. The van der Waals surface area contributed by atoms with Gasteiger partial charge in [-0.1, -0.05) is 31.9 Å². The molecule has 0 N–H and O–H groups in total. The van der Waals surface area contributed by atoms with Gasteiger partial charge < -0.3 is 4.74 Å². The first kappa shape index (κ1) is 20.8. The first-order chi connectivity index (χ1) is 12.5. The molecule has 1 nitrogen and oxygen atoms in total. The molecule has 1 aromatic carbocycles. The van der Waals surface area contributed by atoms with Gasteiger partial charge >= 0.3 is 6.61 Å². The molecule has 0 aliphatic heterocycles. The predicted octanol–water partition coefficient (Wildman–Crippen LogP) is 7.37. The third-order valence-corrected chi connectivity index (χ3v) is 5.18. The second-order valence-corrected chi connectivity index (χ2v) is 7.07. The monoisotopic (exact) mass is 372 g/mol. The quantitative estimate of drug-likeness (QED) is 0.250. The minimum atomic E-state index is -3.24. The van der Waals surface area contributed by atoms with Crippen LogP contribution in [0.25, 0.3) is 0 Å². The maximum atomic E-state index is 13.9. The van der Waals surface area contributed by atoms with E-state index >= 15 is 0 Å². The molecule has 0 radical (unpaired) electrons. The zero-order valence-corrected chi connectivity index (χ0v) is 15.3. The predicted molar refractivity (Wildman–Crippen MR) is 95.6 cm³/mol. The van der Waals surface area contributed by atoms with Crippen molar-refractivity contribution >= 4 is 0 Å². The van der Waals surface area contributed by atoms with Crippen molar-refractivity contribution in [2.45, 2.75) is 77.2 Å². The van der Waals surface area contributed by atoms with E-state index in [1.807, 2.05) is 0 Å². The summed E-state index contributed by atoms with van der Waals surface area (Å²) in [6.45, 7) is -1.11. The van der Waals surface area contributed by atoms with Gasteiger partial charge in [-0.2, -0.15) is 8.78 Å². The Kier molecular flexibility index (Phi) is 8.46. The summed E-state index contributed by atoms with van der Waals surface area (Å²) in [6.07, 6.45) is 14.1. The molecular formula is C21H28F4O. The van der Waals surface area contributed by atoms with Gasteiger partial charge in [0.05, 0.1) is 0 Å². The van der Waals surface area contributed by atoms with E-state index in [-0.39, 0.29) is 5.92 Å². The van der Waals surface area contributed by atoms with Crippen molar-refractivity contribution in [3.05, 3.63) is 41.5 Å². The van der Waals surface area contributed by atoms with Crippen molar-refractivity contribution in [2.75, 3.05) is 0 Å². The largest absolute Gasteiger partial charge is 0.429 e. The Bertz CT molecular complexity index is 554. The first-order valence-corrected chi connectivity index (χ1v) is 9.60. The lowest BCUT2D eigenvalue weighted by atomic mass is 9.77. The molecule has 0 heterocycles. The van der Waals surface area contributed by atoms with Crippen LogP contribution < -0.4 is 4.74 Å². The van der Waals surface area contributed by atoms with Gasteiger partial charge in [-0.15, -0.1) is 0 Å². The summed E-state index contributed by atoms with van der Waals surface area (Å²) in [5.74, 6) is -2.33. The molecule has 0 aromatic heterocycles. The fraction of sp³-hybridized carbons (Fsp3) is 0.619. The Balaban J connectivity index is 1.81. The number of benzene rings is 1. The average molecular weight is 372 g/mol. The first-order valence-electron chi connectivity index (χ1n) is 9.60. The molecule has 5 heteroatoms. The Morgan fingerprint density at radius 3 is 2.27 bits per heavy atom. The summed E-state index contributed by atoms with van der Waals surface area (Å²) in [5.41, 5.74) is 0.546. The van der Waals surface area contributed by atoms with Gasteiger partial charge in [-0.05, 0) is 74.5 Å². The molecule has 0 saturated heterocycles. The van der Waals surface area contributed by atoms with E-state index in [4.69, 9.17) is 0 Å². The van der Waals surface area contributed by atoms with E-state index in [2.05, 4.69) is 23.8 Å².